The summed E-state index contributed by atoms with van der Waals surface area (Å²) in [4.78, 5) is 3.89. The quantitative estimate of drug-likeness (QED) is 0.782. The van der Waals surface area contributed by atoms with E-state index in [4.69, 9.17) is 17.3 Å². The Kier molecular flexibility index (Phi) is 2.66. The number of nitrogens with two attached hydrogens (primary N) is 1. The third kappa shape index (κ3) is 2.02. The van der Waals surface area contributed by atoms with Crippen LogP contribution in [0.4, 0.5) is 19.0 Å². The number of hydrogen-bond donors (Lipinski definition) is 1. The molecular weight excluding hydrogens is 253 g/mol. The standard InChI is InChI=1S/C11H8ClF3N2/c1-5-4-6-7(11(13,14)15)2-3-8(12)9(6)17-10(5)16/h2-4H,1H3,(H2,16,17). The van der Waals surface area contributed by atoms with Crippen LogP contribution < -0.4 is 5.73 Å². The van der Waals surface area contributed by atoms with Crippen molar-refractivity contribution in [3.63, 3.8) is 0 Å². The number of aromatic nitrogens is 1. The highest BCUT2D eigenvalue weighted by atomic mass is 35.5. The van der Waals surface area contributed by atoms with Crippen molar-refractivity contribution in [1.82, 2.24) is 4.98 Å². The number of hydrogen-bond acceptors (Lipinski definition) is 2. The van der Waals surface area contributed by atoms with E-state index in [0.29, 0.717) is 5.56 Å². The number of fused-ring (bicyclic) bond motifs is 1. The molecule has 17 heavy (non-hydrogen) atoms. The lowest BCUT2D eigenvalue weighted by atomic mass is 10.1. The van der Waals surface area contributed by atoms with E-state index in [9.17, 15) is 13.2 Å². The number of halogens is 4. The maximum absolute atomic E-state index is 12.8. The highest BCUT2D eigenvalue weighted by molar-refractivity contribution is 6.35. The Morgan fingerprint density at radius 3 is 2.53 bits per heavy atom. The number of nitrogens with zero attached hydrogens (tertiary/aromatic N) is 1. The van der Waals surface area contributed by atoms with Crippen molar-refractivity contribution >= 4 is 28.3 Å². The zero-order valence-electron chi connectivity index (χ0n) is 8.77. The number of anilines is 1. The fourth-order valence-corrected chi connectivity index (χ4v) is 1.79. The van der Waals surface area contributed by atoms with Gasteiger partial charge in [0.15, 0.2) is 0 Å². The highest BCUT2D eigenvalue weighted by Crippen LogP contribution is 2.37. The Labute approximate surface area is 100 Å². The van der Waals surface area contributed by atoms with Crippen molar-refractivity contribution in [2.75, 3.05) is 5.73 Å². The molecule has 0 amide bonds. The Morgan fingerprint density at radius 2 is 1.94 bits per heavy atom. The monoisotopic (exact) mass is 260 g/mol. The maximum Gasteiger partial charge on any atom is 0.417 e. The predicted molar refractivity (Wildman–Crippen MR) is 60.9 cm³/mol. The van der Waals surface area contributed by atoms with Crippen LogP contribution in [-0.2, 0) is 6.18 Å². The molecule has 1 aromatic heterocycles. The molecular formula is C11H8ClF3N2. The first kappa shape index (κ1) is 12.0. The molecule has 0 saturated heterocycles. The van der Waals surface area contributed by atoms with Gasteiger partial charge in [0.25, 0.3) is 0 Å². The van der Waals surface area contributed by atoms with E-state index in [1.165, 1.54) is 12.1 Å². The molecule has 0 atom stereocenters. The van der Waals surface area contributed by atoms with Crippen molar-refractivity contribution < 1.29 is 13.2 Å². The summed E-state index contributed by atoms with van der Waals surface area (Å²) in [6.45, 7) is 1.60. The summed E-state index contributed by atoms with van der Waals surface area (Å²) in [5, 5.41) is 0.122. The van der Waals surface area contributed by atoms with E-state index in [1.54, 1.807) is 6.92 Å². The third-order valence-electron chi connectivity index (χ3n) is 2.47. The van der Waals surface area contributed by atoms with Gasteiger partial charge in [0.2, 0.25) is 0 Å². The van der Waals surface area contributed by atoms with Crippen LogP contribution >= 0.6 is 11.6 Å². The normalized spacial score (nSPS) is 12.1. The smallest absolute Gasteiger partial charge is 0.383 e. The molecule has 0 aliphatic rings. The summed E-state index contributed by atoms with van der Waals surface area (Å²) in [5.41, 5.74) is 5.37. The summed E-state index contributed by atoms with van der Waals surface area (Å²) in [5.74, 6) is 0.179. The Morgan fingerprint density at radius 1 is 1.29 bits per heavy atom. The molecule has 0 unspecified atom stereocenters. The molecule has 0 fully saturated rings. The highest BCUT2D eigenvalue weighted by Gasteiger charge is 2.33. The van der Waals surface area contributed by atoms with Crippen LogP contribution in [0.3, 0.4) is 0 Å². The SMILES string of the molecule is Cc1cc2c(C(F)(F)F)ccc(Cl)c2nc1N. The molecule has 0 saturated carbocycles. The van der Waals surface area contributed by atoms with E-state index in [1.807, 2.05) is 0 Å². The summed E-state index contributed by atoms with van der Waals surface area (Å²) >= 11 is 5.82. The van der Waals surface area contributed by atoms with Gasteiger partial charge in [-0.25, -0.2) is 4.98 Å². The molecule has 2 rings (SSSR count). The minimum Gasteiger partial charge on any atom is -0.383 e. The van der Waals surface area contributed by atoms with E-state index in [-0.39, 0.29) is 21.7 Å². The van der Waals surface area contributed by atoms with E-state index < -0.39 is 11.7 Å². The summed E-state index contributed by atoms with van der Waals surface area (Å²) < 4.78 is 38.3. The topological polar surface area (TPSA) is 38.9 Å². The van der Waals surface area contributed by atoms with E-state index >= 15 is 0 Å². The van der Waals surface area contributed by atoms with Crippen LogP contribution in [0.1, 0.15) is 11.1 Å². The average Bonchev–Trinajstić information content (AvgIpc) is 2.19. The van der Waals surface area contributed by atoms with Gasteiger partial charge in [-0.2, -0.15) is 13.2 Å². The Balaban J connectivity index is 2.90. The second kappa shape index (κ2) is 3.77. The fraction of sp³-hybridized carbons (Fsp3) is 0.182. The van der Waals surface area contributed by atoms with Gasteiger partial charge in [-0.3, -0.25) is 0 Å². The summed E-state index contributed by atoms with van der Waals surface area (Å²) in [7, 11) is 0. The van der Waals surface area contributed by atoms with Gasteiger partial charge >= 0.3 is 6.18 Å². The summed E-state index contributed by atoms with van der Waals surface area (Å²) in [6.07, 6.45) is -4.44. The largest absolute Gasteiger partial charge is 0.417 e. The van der Waals surface area contributed by atoms with Crippen molar-refractivity contribution in [3.05, 3.63) is 34.3 Å². The van der Waals surface area contributed by atoms with Crippen LogP contribution in [-0.4, -0.2) is 4.98 Å². The lowest BCUT2D eigenvalue weighted by molar-refractivity contribution is -0.136. The van der Waals surface area contributed by atoms with Crippen molar-refractivity contribution in [2.24, 2.45) is 0 Å². The van der Waals surface area contributed by atoms with Crippen LogP contribution in [0.15, 0.2) is 18.2 Å². The van der Waals surface area contributed by atoms with Crippen LogP contribution in [0, 0.1) is 6.92 Å². The Bertz CT molecular complexity index is 593. The minimum atomic E-state index is -4.44. The lowest BCUT2D eigenvalue weighted by Gasteiger charge is -2.12. The number of alkyl halides is 3. The van der Waals surface area contributed by atoms with Crippen molar-refractivity contribution in [3.8, 4) is 0 Å². The van der Waals surface area contributed by atoms with Gasteiger partial charge in [0, 0.05) is 5.39 Å². The number of pyridine rings is 1. The zero-order chi connectivity index (χ0) is 12.8. The Hall–Kier alpha value is -1.49. The van der Waals surface area contributed by atoms with E-state index in [2.05, 4.69) is 4.98 Å². The lowest BCUT2D eigenvalue weighted by Crippen LogP contribution is -2.07. The van der Waals surface area contributed by atoms with Gasteiger partial charge in [0.05, 0.1) is 16.1 Å². The second-order valence-electron chi connectivity index (χ2n) is 3.68. The second-order valence-corrected chi connectivity index (χ2v) is 4.09. The van der Waals surface area contributed by atoms with Crippen LogP contribution in [0.5, 0.6) is 0 Å². The molecule has 1 heterocycles. The molecule has 1 aromatic carbocycles. The minimum absolute atomic E-state index is 0.0308. The van der Waals surface area contributed by atoms with Gasteiger partial charge in [0.1, 0.15) is 5.82 Å². The van der Waals surface area contributed by atoms with Crippen LogP contribution in [0.25, 0.3) is 10.9 Å². The molecule has 2 nitrogen and oxygen atoms in total. The zero-order valence-corrected chi connectivity index (χ0v) is 9.52. The van der Waals surface area contributed by atoms with Gasteiger partial charge < -0.3 is 5.73 Å². The number of nitrogen functional groups attached to an aromatic ring is 1. The number of rotatable bonds is 0. The van der Waals surface area contributed by atoms with Crippen molar-refractivity contribution in [1.29, 1.82) is 0 Å². The van der Waals surface area contributed by atoms with E-state index in [0.717, 1.165) is 6.07 Å². The first-order valence-corrected chi connectivity index (χ1v) is 5.11. The predicted octanol–water partition coefficient (Wildman–Crippen LogP) is 3.80. The first-order chi connectivity index (χ1) is 7.80. The first-order valence-electron chi connectivity index (χ1n) is 4.73. The molecule has 0 aliphatic heterocycles. The third-order valence-corrected chi connectivity index (χ3v) is 2.78. The van der Waals surface area contributed by atoms with Crippen molar-refractivity contribution in [2.45, 2.75) is 13.1 Å². The summed E-state index contributed by atoms with van der Waals surface area (Å²) in [6, 6.07) is 3.48. The maximum atomic E-state index is 12.8. The molecule has 90 valence electrons. The number of benzene rings is 1. The van der Waals surface area contributed by atoms with Gasteiger partial charge in [-0.15, -0.1) is 0 Å². The molecule has 2 aromatic rings. The van der Waals surface area contributed by atoms with Gasteiger partial charge in [-0.1, -0.05) is 11.6 Å². The molecule has 0 radical (unpaired) electrons. The van der Waals surface area contributed by atoms with Crippen LogP contribution in [0.2, 0.25) is 5.02 Å². The molecule has 0 bridgehead atoms. The average molecular weight is 261 g/mol. The molecule has 0 spiro atoms. The number of aryl methyl sites for hydroxylation is 1. The fourth-order valence-electron chi connectivity index (χ4n) is 1.59. The molecule has 2 N–H and O–H groups in total. The molecule has 6 heteroatoms. The molecule has 0 aliphatic carbocycles. The van der Waals surface area contributed by atoms with Gasteiger partial charge in [-0.05, 0) is 30.7 Å².